The fraction of sp³-hybridized carbons (Fsp3) is 0.538. The van der Waals surface area contributed by atoms with Crippen LogP contribution in [0.2, 0.25) is 0 Å². The Morgan fingerprint density at radius 3 is 2.40 bits per heavy atom. The van der Waals surface area contributed by atoms with E-state index in [-0.39, 0.29) is 5.91 Å². The molecule has 1 aliphatic carbocycles. The van der Waals surface area contributed by atoms with E-state index in [1.165, 1.54) is 0 Å². The zero-order valence-corrected chi connectivity index (χ0v) is 11.7. The van der Waals surface area contributed by atoms with Gasteiger partial charge in [0.2, 0.25) is 5.89 Å². The zero-order valence-electron chi connectivity index (χ0n) is 11.7. The lowest BCUT2D eigenvalue weighted by molar-refractivity contribution is 0.0803. The SMILES string of the molecule is Cc1nc(C2(NC(=O)c3c(C)noc3C)CCC2)no1. The van der Waals surface area contributed by atoms with Gasteiger partial charge in [0, 0.05) is 6.92 Å². The minimum atomic E-state index is -0.523. The van der Waals surface area contributed by atoms with Crippen LogP contribution in [-0.2, 0) is 5.54 Å². The van der Waals surface area contributed by atoms with Crippen molar-refractivity contribution in [3.05, 3.63) is 28.7 Å². The van der Waals surface area contributed by atoms with E-state index in [0.29, 0.717) is 28.7 Å². The molecule has 7 nitrogen and oxygen atoms in total. The second-order valence-corrected chi connectivity index (χ2v) is 5.23. The Bertz CT molecular complexity index is 635. The average molecular weight is 276 g/mol. The third-order valence-electron chi connectivity index (χ3n) is 3.78. The van der Waals surface area contributed by atoms with Gasteiger partial charge in [-0.1, -0.05) is 10.3 Å². The van der Waals surface area contributed by atoms with Gasteiger partial charge >= 0.3 is 0 Å². The summed E-state index contributed by atoms with van der Waals surface area (Å²) in [6, 6.07) is 0. The summed E-state index contributed by atoms with van der Waals surface area (Å²) in [6.07, 6.45) is 2.64. The zero-order chi connectivity index (χ0) is 14.3. The molecule has 1 amide bonds. The first-order chi connectivity index (χ1) is 9.52. The maximum Gasteiger partial charge on any atom is 0.257 e. The summed E-state index contributed by atoms with van der Waals surface area (Å²) in [7, 11) is 0. The standard InChI is InChI=1S/C13H16N4O3/c1-7-10(8(2)19-16-7)11(18)15-13(5-4-6-13)12-14-9(3)20-17-12/h4-6H2,1-3H3,(H,15,18). The van der Waals surface area contributed by atoms with Crippen LogP contribution in [-0.4, -0.2) is 21.2 Å². The van der Waals surface area contributed by atoms with Gasteiger partial charge in [-0.15, -0.1) is 0 Å². The molecule has 0 aliphatic heterocycles. The van der Waals surface area contributed by atoms with E-state index < -0.39 is 5.54 Å². The molecule has 106 valence electrons. The van der Waals surface area contributed by atoms with Gasteiger partial charge in [-0.3, -0.25) is 4.79 Å². The molecule has 2 aromatic rings. The first kappa shape index (κ1) is 12.8. The van der Waals surface area contributed by atoms with Gasteiger partial charge in [0.05, 0.1) is 5.69 Å². The van der Waals surface area contributed by atoms with Gasteiger partial charge in [-0.25, -0.2) is 0 Å². The lowest BCUT2D eigenvalue weighted by atomic mass is 9.76. The number of hydrogen-bond donors (Lipinski definition) is 1. The van der Waals surface area contributed by atoms with Crippen LogP contribution in [0.25, 0.3) is 0 Å². The van der Waals surface area contributed by atoms with Crippen molar-refractivity contribution in [2.45, 2.75) is 45.6 Å². The molecule has 0 saturated heterocycles. The smallest absolute Gasteiger partial charge is 0.257 e. The van der Waals surface area contributed by atoms with E-state index in [1.807, 2.05) is 0 Å². The maximum absolute atomic E-state index is 12.4. The number of carbonyl (C=O) groups is 1. The number of aromatic nitrogens is 3. The maximum atomic E-state index is 12.4. The van der Waals surface area contributed by atoms with Gasteiger partial charge < -0.3 is 14.4 Å². The fourth-order valence-corrected chi connectivity index (χ4v) is 2.52. The summed E-state index contributed by atoms with van der Waals surface area (Å²) >= 11 is 0. The van der Waals surface area contributed by atoms with Gasteiger partial charge in [0.25, 0.3) is 5.91 Å². The molecule has 1 fully saturated rings. The van der Waals surface area contributed by atoms with Crippen LogP contribution in [0.5, 0.6) is 0 Å². The largest absolute Gasteiger partial charge is 0.361 e. The Hall–Kier alpha value is -2.18. The van der Waals surface area contributed by atoms with E-state index in [9.17, 15) is 4.79 Å². The Morgan fingerprint density at radius 1 is 1.20 bits per heavy atom. The van der Waals surface area contributed by atoms with E-state index in [1.54, 1.807) is 20.8 Å². The monoisotopic (exact) mass is 276 g/mol. The summed E-state index contributed by atoms with van der Waals surface area (Å²) in [5, 5.41) is 10.8. The molecule has 0 aromatic carbocycles. The highest BCUT2D eigenvalue weighted by molar-refractivity contribution is 5.96. The molecule has 7 heteroatoms. The first-order valence-electron chi connectivity index (χ1n) is 6.58. The number of nitrogens with zero attached hydrogens (tertiary/aromatic N) is 3. The summed E-state index contributed by atoms with van der Waals surface area (Å²) in [5.74, 6) is 1.35. The fourth-order valence-electron chi connectivity index (χ4n) is 2.52. The quantitative estimate of drug-likeness (QED) is 0.918. The molecule has 0 spiro atoms. The summed E-state index contributed by atoms with van der Waals surface area (Å²) in [4.78, 5) is 16.7. The van der Waals surface area contributed by atoms with Crippen molar-refractivity contribution in [2.24, 2.45) is 0 Å². The molecule has 0 radical (unpaired) electrons. The van der Waals surface area contributed by atoms with Gasteiger partial charge in [0.1, 0.15) is 16.9 Å². The number of carbonyl (C=O) groups excluding carboxylic acids is 1. The molecule has 20 heavy (non-hydrogen) atoms. The van der Waals surface area contributed by atoms with Gasteiger partial charge in [-0.2, -0.15) is 4.98 Å². The lowest BCUT2D eigenvalue weighted by Gasteiger charge is -2.39. The number of hydrogen-bond acceptors (Lipinski definition) is 6. The molecule has 3 rings (SSSR count). The van der Waals surface area contributed by atoms with Crippen LogP contribution in [0.3, 0.4) is 0 Å². The van der Waals surface area contributed by atoms with Crippen molar-refractivity contribution in [2.75, 3.05) is 0 Å². The van der Waals surface area contributed by atoms with Gasteiger partial charge in [-0.05, 0) is 33.1 Å². The Kier molecular flexibility index (Phi) is 2.84. The number of nitrogens with one attached hydrogen (secondary N) is 1. The summed E-state index contributed by atoms with van der Waals surface area (Å²) in [5.41, 5.74) is 0.542. The van der Waals surface area contributed by atoms with Gasteiger partial charge in [0.15, 0.2) is 5.82 Å². The lowest BCUT2D eigenvalue weighted by Crippen LogP contribution is -2.51. The van der Waals surface area contributed by atoms with Crippen LogP contribution < -0.4 is 5.32 Å². The van der Waals surface area contributed by atoms with E-state index >= 15 is 0 Å². The highest BCUT2D eigenvalue weighted by atomic mass is 16.5. The molecular weight excluding hydrogens is 260 g/mol. The van der Waals surface area contributed by atoms with Crippen molar-refractivity contribution in [3.8, 4) is 0 Å². The summed E-state index contributed by atoms with van der Waals surface area (Å²) < 4.78 is 10.1. The predicted octanol–water partition coefficient (Wildman–Crippen LogP) is 1.79. The number of aryl methyl sites for hydroxylation is 3. The molecule has 0 atom stereocenters. The number of rotatable bonds is 3. The van der Waals surface area contributed by atoms with Crippen molar-refractivity contribution in [3.63, 3.8) is 0 Å². The van der Waals surface area contributed by atoms with E-state index in [0.717, 1.165) is 19.3 Å². The van der Waals surface area contributed by atoms with Crippen molar-refractivity contribution in [1.82, 2.24) is 20.6 Å². The molecule has 1 aliphatic rings. The molecule has 0 bridgehead atoms. The van der Waals surface area contributed by atoms with Crippen LogP contribution in [0, 0.1) is 20.8 Å². The van der Waals surface area contributed by atoms with Crippen molar-refractivity contribution in [1.29, 1.82) is 0 Å². The molecule has 2 aromatic heterocycles. The minimum absolute atomic E-state index is 0.205. The van der Waals surface area contributed by atoms with Crippen LogP contribution >= 0.6 is 0 Å². The van der Waals surface area contributed by atoms with Crippen LogP contribution in [0.4, 0.5) is 0 Å². The Balaban J connectivity index is 1.87. The molecule has 1 saturated carbocycles. The minimum Gasteiger partial charge on any atom is -0.361 e. The molecule has 0 unspecified atom stereocenters. The Morgan fingerprint density at radius 2 is 1.95 bits per heavy atom. The summed E-state index contributed by atoms with van der Waals surface area (Å²) in [6.45, 7) is 5.21. The normalized spacial score (nSPS) is 16.8. The van der Waals surface area contributed by atoms with Crippen LogP contribution in [0.15, 0.2) is 9.05 Å². The first-order valence-corrected chi connectivity index (χ1v) is 6.58. The van der Waals surface area contributed by atoms with Crippen LogP contribution in [0.1, 0.15) is 52.8 Å². The number of amides is 1. The second kappa shape index (κ2) is 4.43. The third kappa shape index (κ3) is 1.90. The van der Waals surface area contributed by atoms with E-state index in [2.05, 4.69) is 20.6 Å². The average Bonchev–Trinajstić information content (AvgIpc) is 2.91. The second-order valence-electron chi connectivity index (χ2n) is 5.23. The topological polar surface area (TPSA) is 94.1 Å². The molecule has 2 heterocycles. The Labute approximate surface area is 115 Å². The highest BCUT2D eigenvalue weighted by Gasteiger charge is 2.44. The predicted molar refractivity (Wildman–Crippen MR) is 68.0 cm³/mol. The van der Waals surface area contributed by atoms with Crippen molar-refractivity contribution < 1.29 is 13.8 Å². The molecular formula is C13H16N4O3. The van der Waals surface area contributed by atoms with E-state index in [4.69, 9.17) is 9.05 Å². The van der Waals surface area contributed by atoms with Crippen molar-refractivity contribution >= 4 is 5.91 Å². The highest BCUT2D eigenvalue weighted by Crippen LogP contribution is 2.40. The molecule has 1 N–H and O–H groups in total. The third-order valence-corrected chi connectivity index (χ3v) is 3.78.